The lowest BCUT2D eigenvalue weighted by molar-refractivity contribution is 0.528. The van der Waals surface area contributed by atoms with Crippen molar-refractivity contribution in [2.24, 2.45) is 0 Å². The molecular weight excluding hydrogens is 611 g/mol. The second-order valence-electron chi connectivity index (χ2n) is 14.6. The second kappa shape index (κ2) is 11.6. The topological polar surface area (TPSA) is 37.2 Å². The molecule has 2 aliphatic carbocycles. The first-order valence-corrected chi connectivity index (χ1v) is 17.9. The molecule has 3 heterocycles. The fourth-order valence-corrected chi connectivity index (χ4v) is 9.18. The van der Waals surface area contributed by atoms with E-state index in [1.54, 1.807) is 0 Å². The number of allylic oxidation sites excluding steroid dienone is 2. The Hall–Kier alpha value is -5.42. The Morgan fingerprint density at radius 3 is 2.18 bits per heavy atom. The molecule has 50 heavy (non-hydrogen) atoms. The number of hydrogen-bond acceptors (Lipinski definition) is 4. The molecule has 5 nitrogen and oxygen atoms in total. The van der Waals surface area contributed by atoms with Crippen LogP contribution >= 0.6 is 0 Å². The molecule has 0 radical (unpaired) electrons. The summed E-state index contributed by atoms with van der Waals surface area (Å²) < 4.78 is 2.48. The van der Waals surface area contributed by atoms with E-state index >= 15 is 0 Å². The van der Waals surface area contributed by atoms with Gasteiger partial charge in [0.15, 0.2) is 11.6 Å². The first-order chi connectivity index (χ1) is 24.3. The van der Waals surface area contributed by atoms with Gasteiger partial charge in [-0.3, -0.25) is 0 Å². The van der Waals surface area contributed by atoms with Crippen molar-refractivity contribution >= 4 is 22.8 Å². The van der Waals surface area contributed by atoms with Gasteiger partial charge in [-0.25, -0.2) is 9.97 Å². The van der Waals surface area contributed by atoms with Crippen molar-refractivity contribution in [3.05, 3.63) is 148 Å². The molecule has 1 aliphatic heterocycles. The maximum Gasteiger partial charge on any atom is 0.161 e. The van der Waals surface area contributed by atoms with Gasteiger partial charge in [-0.2, -0.15) is 0 Å². The van der Waals surface area contributed by atoms with Crippen LogP contribution in [0.15, 0.2) is 109 Å². The number of rotatable bonds is 4. The van der Waals surface area contributed by atoms with E-state index in [0.29, 0.717) is 11.8 Å². The lowest BCUT2D eigenvalue weighted by Gasteiger charge is -2.38. The smallest absolute Gasteiger partial charge is 0.161 e. The molecule has 0 fully saturated rings. The Labute approximate surface area is 295 Å². The minimum absolute atomic E-state index is 0.0905. The predicted octanol–water partition coefficient (Wildman–Crippen LogP) is 10.8. The predicted molar refractivity (Wildman–Crippen MR) is 207 cm³/mol. The summed E-state index contributed by atoms with van der Waals surface area (Å²) in [6.07, 6.45) is 8.97. The summed E-state index contributed by atoms with van der Waals surface area (Å²) in [5.74, 6) is 2.59. The molecule has 9 rings (SSSR count). The lowest BCUT2D eigenvalue weighted by atomic mass is 9.67. The van der Waals surface area contributed by atoms with Gasteiger partial charge in [0.2, 0.25) is 0 Å². The monoisotopic (exact) mass is 653 g/mol. The van der Waals surface area contributed by atoms with Crippen LogP contribution in [0.2, 0.25) is 0 Å². The molecule has 3 unspecified atom stereocenters. The van der Waals surface area contributed by atoms with Crippen LogP contribution in [0.4, 0.5) is 17.2 Å². The quantitative estimate of drug-likeness (QED) is 0.190. The molecule has 0 bridgehead atoms. The number of anilines is 3. The number of fused-ring (bicyclic) bond motifs is 7. The number of aryl methyl sites for hydroxylation is 4. The minimum Gasteiger partial charge on any atom is -0.337 e. The van der Waals surface area contributed by atoms with Gasteiger partial charge in [0.25, 0.3) is 0 Å². The normalized spacial score (nSPS) is 19.1. The summed E-state index contributed by atoms with van der Waals surface area (Å²) in [6, 6.07) is 33.5. The maximum atomic E-state index is 5.13. The third-order valence-corrected chi connectivity index (χ3v) is 11.5. The number of benzene rings is 4. The van der Waals surface area contributed by atoms with E-state index in [1.165, 1.54) is 67.1 Å². The summed E-state index contributed by atoms with van der Waals surface area (Å²) in [5.41, 5.74) is 18.2. The van der Waals surface area contributed by atoms with Gasteiger partial charge in [0.1, 0.15) is 11.9 Å². The Kier molecular flexibility index (Phi) is 7.10. The van der Waals surface area contributed by atoms with Crippen molar-refractivity contribution in [3.63, 3.8) is 0 Å². The number of aromatic nitrogens is 3. The van der Waals surface area contributed by atoms with Crippen LogP contribution in [0.1, 0.15) is 70.5 Å². The van der Waals surface area contributed by atoms with Gasteiger partial charge < -0.3 is 14.4 Å². The molecule has 0 amide bonds. The molecule has 2 aromatic heterocycles. The van der Waals surface area contributed by atoms with E-state index in [9.17, 15) is 0 Å². The highest BCUT2D eigenvalue weighted by atomic mass is 15.4. The third kappa shape index (κ3) is 4.59. The van der Waals surface area contributed by atoms with E-state index in [1.807, 2.05) is 6.20 Å². The highest BCUT2D eigenvalue weighted by molar-refractivity contribution is 5.88. The van der Waals surface area contributed by atoms with Crippen LogP contribution in [-0.4, -0.2) is 27.7 Å². The molecule has 0 spiro atoms. The average Bonchev–Trinajstić information content (AvgIpc) is 3.66. The van der Waals surface area contributed by atoms with Crippen LogP contribution in [0.3, 0.4) is 0 Å². The average molecular weight is 654 g/mol. The molecule has 4 aromatic carbocycles. The van der Waals surface area contributed by atoms with Gasteiger partial charge in [0.05, 0.1) is 23.3 Å². The summed E-state index contributed by atoms with van der Waals surface area (Å²) >= 11 is 0. The van der Waals surface area contributed by atoms with Crippen LogP contribution < -0.4 is 9.80 Å². The zero-order chi connectivity index (χ0) is 34.3. The van der Waals surface area contributed by atoms with Crippen LogP contribution in [0.25, 0.3) is 33.9 Å². The number of nitrogens with zero attached hydrogens (tertiary/aromatic N) is 5. The first kappa shape index (κ1) is 30.6. The number of para-hydroxylation sites is 1. The van der Waals surface area contributed by atoms with Gasteiger partial charge in [-0.15, -0.1) is 0 Å². The number of hydrogen-bond donors (Lipinski definition) is 0. The molecule has 3 atom stereocenters. The SMILES string of the molecule is Cc1cc(C)c(-n2ccc3c2-c2ccccc2C2CC=C(c4ccccc4N4c5cnc(-c6ccccc6C)nc5N(C)C4C)CC32)c(C)c1. The molecule has 6 aromatic rings. The van der Waals surface area contributed by atoms with E-state index in [2.05, 4.69) is 159 Å². The molecule has 0 N–H and O–H groups in total. The maximum absolute atomic E-state index is 5.13. The lowest BCUT2D eigenvalue weighted by Crippen LogP contribution is -2.36. The van der Waals surface area contributed by atoms with Crippen molar-refractivity contribution in [2.45, 2.75) is 65.5 Å². The Morgan fingerprint density at radius 2 is 1.40 bits per heavy atom. The summed E-state index contributed by atoms with van der Waals surface area (Å²) in [6.45, 7) is 11.1. The zero-order valence-corrected chi connectivity index (χ0v) is 29.8. The standard InChI is InChI=1S/C45H43N5/c1-27-23-29(3)42(30(4)24-27)49-22-21-38-39-25-32(19-20-36(39)35-16-9-10-17-37(35)43(38)49)34-15-11-12-18-40(34)50-31(5)48(6)45-41(50)26-46-44(47-45)33-14-8-7-13-28(33)2/h7-19,21-24,26,31,36,39H,20,25H2,1-6H3. The summed E-state index contributed by atoms with van der Waals surface area (Å²) in [7, 11) is 2.15. The Bertz CT molecular complexity index is 2320. The Morgan fingerprint density at radius 1 is 0.700 bits per heavy atom. The summed E-state index contributed by atoms with van der Waals surface area (Å²) in [4.78, 5) is 14.8. The minimum atomic E-state index is 0.0905. The van der Waals surface area contributed by atoms with Crippen molar-refractivity contribution < 1.29 is 0 Å². The molecule has 5 heteroatoms. The van der Waals surface area contributed by atoms with Crippen molar-refractivity contribution in [2.75, 3.05) is 16.8 Å². The van der Waals surface area contributed by atoms with Gasteiger partial charge in [-0.05, 0) is 105 Å². The first-order valence-electron chi connectivity index (χ1n) is 17.9. The van der Waals surface area contributed by atoms with E-state index < -0.39 is 0 Å². The molecule has 0 saturated heterocycles. The van der Waals surface area contributed by atoms with Crippen LogP contribution in [0.5, 0.6) is 0 Å². The van der Waals surface area contributed by atoms with Gasteiger partial charge in [-0.1, -0.05) is 90.5 Å². The van der Waals surface area contributed by atoms with E-state index in [0.717, 1.165) is 35.7 Å². The molecule has 3 aliphatic rings. The fraction of sp³-hybridized carbons (Fsp3) is 0.244. The Balaban J connectivity index is 1.12. The van der Waals surface area contributed by atoms with Crippen molar-refractivity contribution in [3.8, 4) is 28.3 Å². The van der Waals surface area contributed by atoms with Crippen LogP contribution in [0, 0.1) is 27.7 Å². The van der Waals surface area contributed by atoms with E-state index in [4.69, 9.17) is 9.97 Å². The molecule has 248 valence electrons. The van der Waals surface area contributed by atoms with Crippen molar-refractivity contribution in [1.82, 2.24) is 14.5 Å². The second-order valence-corrected chi connectivity index (χ2v) is 14.6. The van der Waals surface area contributed by atoms with Gasteiger partial charge >= 0.3 is 0 Å². The highest BCUT2D eigenvalue weighted by Crippen LogP contribution is 2.56. The molecule has 0 saturated carbocycles. The van der Waals surface area contributed by atoms with Crippen LogP contribution in [-0.2, 0) is 0 Å². The third-order valence-electron chi connectivity index (χ3n) is 11.5. The van der Waals surface area contributed by atoms with Crippen molar-refractivity contribution in [1.29, 1.82) is 0 Å². The fourth-order valence-electron chi connectivity index (χ4n) is 9.18. The van der Waals surface area contributed by atoms with E-state index in [-0.39, 0.29) is 6.17 Å². The highest BCUT2D eigenvalue weighted by Gasteiger charge is 2.40. The molecular formula is C45H43N5. The largest absolute Gasteiger partial charge is 0.337 e. The zero-order valence-electron chi connectivity index (χ0n) is 29.8. The van der Waals surface area contributed by atoms with Gasteiger partial charge in [0, 0.05) is 29.9 Å². The summed E-state index contributed by atoms with van der Waals surface area (Å²) in [5, 5.41) is 0.